The van der Waals surface area contributed by atoms with Gasteiger partial charge in [0.25, 0.3) is 0 Å². The van der Waals surface area contributed by atoms with Crippen molar-refractivity contribution in [2.75, 3.05) is 119 Å². The SMILES string of the molecule is CC(=O)NCCOCCOCCOCCOCCOCCOCCOCCOCCC(=O)CN. The van der Waals surface area contributed by atoms with Crippen LogP contribution in [0.3, 0.4) is 0 Å². The minimum Gasteiger partial charge on any atom is -0.379 e. The highest BCUT2D eigenvalue weighted by Crippen LogP contribution is 1.87. The van der Waals surface area contributed by atoms with Crippen molar-refractivity contribution in [2.24, 2.45) is 5.73 Å². The smallest absolute Gasteiger partial charge is 0.216 e. The molecule has 12 heteroatoms. The van der Waals surface area contributed by atoms with Crippen LogP contribution in [0.25, 0.3) is 0 Å². The fraction of sp³-hybridized carbons (Fsp3) is 0.909. The molecule has 0 fully saturated rings. The molecule has 0 aromatic heterocycles. The molecule has 0 aromatic carbocycles. The van der Waals surface area contributed by atoms with Gasteiger partial charge in [0.1, 0.15) is 5.78 Å². The second-order valence-electron chi connectivity index (χ2n) is 6.87. The molecule has 202 valence electrons. The van der Waals surface area contributed by atoms with Crippen LogP contribution in [0.2, 0.25) is 0 Å². The fourth-order valence-corrected chi connectivity index (χ4v) is 2.23. The number of nitrogens with two attached hydrogens (primary N) is 1. The van der Waals surface area contributed by atoms with Crippen molar-refractivity contribution in [3.63, 3.8) is 0 Å². The van der Waals surface area contributed by atoms with Gasteiger partial charge in [-0.3, -0.25) is 9.59 Å². The lowest BCUT2D eigenvalue weighted by Gasteiger charge is -2.08. The van der Waals surface area contributed by atoms with Crippen molar-refractivity contribution in [1.82, 2.24) is 5.32 Å². The maximum atomic E-state index is 11.0. The van der Waals surface area contributed by atoms with E-state index in [-0.39, 0.29) is 18.2 Å². The largest absolute Gasteiger partial charge is 0.379 e. The molecule has 34 heavy (non-hydrogen) atoms. The number of amides is 1. The molecule has 0 aromatic rings. The first-order valence-electron chi connectivity index (χ1n) is 11.7. The summed E-state index contributed by atoms with van der Waals surface area (Å²) in [6.07, 6.45) is 0.343. The molecule has 0 saturated carbocycles. The van der Waals surface area contributed by atoms with E-state index < -0.39 is 0 Å². The lowest BCUT2D eigenvalue weighted by atomic mass is 10.3. The molecule has 0 aliphatic rings. The van der Waals surface area contributed by atoms with E-state index in [9.17, 15) is 9.59 Å². The summed E-state index contributed by atoms with van der Waals surface area (Å²) in [5, 5.41) is 2.65. The van der Waals surface area contributed by atoms with Gasteiger partial charge in [-0.05, 0) is 0 Å². The summed E-state index contributed by atoms with van der Waals surface area (Å²) in [5.41, 5.74) is 5.20. The molecule has 3 N–H and O–H groups in total. The standard InChI is InChI=1S/C22H44N2O10/c1-21(25)24-3-5-28-7-9-30-11-13-32-15-17-34-19-18-33-16-14-31-12-10-29-8-6-27-4-2-22(26)20-23/h2-20,23H2,1H3,(H,24,25). The minimum absolute atomic E-state index is 0.00852. The Morgan fingerprint density at radius 3 is 1.12 bits per heavy atom. The van der Waals surface area contributed by atoms with Gasteiger partial charge in [0.05, 0.1) is 112 Å². The number of hydrogen-bond donors (Lipinski definition) is 2. The Morgan fingerprint density at radius 2 is 0.824 bits per heavy atom. The van der Waals surface area contributed by atoms with Gasteiger partial charge in [0.2, 0.25) is 5.91 Å². The number of rotatable bonds is 28. The van der Waals surface area contributed by atoms with Crippen LogP contribution < -0.4 is 11.1 Å². The zero-order valence-electron chi connectivity index (χ0n) is 20.6. The van der Waals surface area contributed by atoms with E-state index in [1.54, 1.807) is 0 Å². The molecule has 0 unspecified atom stereocenters. The Kier molecular flexibility index (Phi) is 27.0. The van der Waals surface area contributed by atoms with Crippen LogP contribution in [0.1, 0.15) is 13.3 Å². The molecule has 0 aliphatic carbocycles. The maximum absolute atomic E-state index is 11.0. The van der Waals surface area contributed by atoms with E-state index in [0.29, 0.717) is 119 Å². The molecule has 0 heterocycles. The van der Waals surface area contributed by atoms with Gasteiger partial charge < -0.3 is 48.9 Å². The van der Waals surface area contributed by atoms with E-state index in [1.807, 2.05) is 0 Å². The molecule has 0 spiro atoms. The van der Waals surface area contributed by atoms with E-state index in [4.69, 9.17) is 43.6 Å². The third kappa shape index (κ3) is 28.8. The van der Waals surface area contributed by atoms with Gasteiger partial charge in [-0.15, -0.1) is 0 Å². The van der Waals surface area contributed by atoms with Crippen molar-refractivity contribution in [1.29, 1.82) is 0 Å². The molecule has 0 rings (SSSR count). The number of Topliss-reactive ketones (excluding diaryl/α,β-unsaturated/α-hetero) is 1. The Labute approximate surface area is 203 Å². The highest BCUT2D eigenvalue weighted by atomic mass is 16.6. The average Bonchev–Trinajstić information content (AvgIpc) is 2.83. The lowest BCUT2D eigenvalue weighted by molar-refractivity contribution is -0.119. The van der Waals surface area contributed by atoms with Crippen molar-refractivity contribution in [2.45, 2.75) is 13.3 Å². The predicted octanol–water partition coefficient (Wildman–Crippen LogP) is -0.827. The Hall–Kier alpha value is -1.22. The summed E-state index contributed by atoms with van der Waals surface area (Å²) < 4.78 is 42.9. The summed E-state index contributed by atoms with van der Waals surface area (Å²) in [7, 11) is 0. The molecule has 12 nitrogen and oxygen atoms in total. The third-order valence-corrected chi connectivity index (χ3v) is 3.98. The normalized spacial score (nSPS) is 11.1. The Morgan fingerprint density at radius 1 is 0.529 bits per heavy atom. The Bertz CT molecular complexity index is 457. The van der Waals surface area contributed by atoms with Gasteiger partial charge in [-0.25, -0.2) is 0 Å². The van der Waals surface area contributed by atoms with Crippen molar-refractivity contribution < 1.29 is 47.5 Å². The van der Waals surface area contributed by atoms with Crippen LogP contribution in [0.15, 0.2) is 0 Å². The van der Waals surface area contributed by atoms with Crippen molar-refractivity contribution >= 4 is 11.7 Å². The highest BCUT2D eigenvalue weighted by molar-refractivity contribution is 5.80. The number of ether oxygens (including phenoxy) is 8. The summed E-state index contributed by atoms with van der Waals surface area (Å²) in [6, 6.07) is 0. The quantitative estimate of drug-likeness (QED) is 0.131. The van der Waals surface area contributed by atoms with E-state index in [2.05, 4.69) is 5.32 Å². The molecule has 0 atom stereocenters. The Balaban J connectivity index is 3.04. The monoisotopic (exact) mass is 496 g/mol. The van der Waals surface area contributed by atoms with E-state index in [0.717, 1.165) is 0 Å². The molecule has 0 saturated heterocycles. The molecule has 0 aliphatic heterocycles. The summed E-state index contributed by atoms with van der Waals surface area (Å²) in [4.78, 5) is 21.6. The number of nitrogens with one attached hydrogen (secondary N) is 1. The molecular weight excluding hydrogens is 452 g/mol. The van der Waals surface area contributed by atoms with Crippen molar-refractivity contribution in [3.05, 3.63) is 0 Å². The lowest BCUT2D eigenvalue weighted by Crippen LogP contribution is -2.25. The van der Waals surface area contributed by atoms with E-state index in [1.165, 1.54) is 6.92 Å². The van der Waals surface area contributed by atoms with Crippen LogP contribution in [0, 0.1) is 0 Å². The van der Waals surface area contributed by atoms with Crippen LogP contribution >= 0.6 is 0 Å². The molecule has 0 radical (unpaired) electrons. The predicted molar refractivity (Wildman–Crippen MR) is 124 cm³/mol. The first-order valence-corrected chi connectivity index (χ1v) is 11.7. The second kappa shape index (κ2) is 28.0. The molecule has 1 amide bonds. The van der Waals surface area contributed by atoms with Gasteiger partial charge in [-0.2, -0.15) is 0 Å². The van der Waals surface area contributed by atoms with Gasteiger partial charge in [0, 0.05) is 19.9 Å². The van der Waals surface area contributed by atoms with Crippen LogP contribution in [-0.2, 0) is 47.5 Å². The average molecular weight is 497 g/mol. The second-order valence-corrected chi connectivity index (χ2v) is 6.87. The van der Waals surface area contributed by atoms with Gasteiger partial charge in [-0.1, -0.05) is 0 Å². The topological polar surface area (TPSA) is 146 Å². The number of carbonyl (C=O) groups is 2. The van der Waals surface area contributed by atoms with Crippen LogP contribution in [0.5, 0.6) is 0 Å². The van der Waals surface area contributed by atoms with Crippen molar-refractivity contribution in [3.8, 4) is 0 Å². The minimum atomic E-state index is -0.0632. The first-order chi connectivity index (χ1) is 16.7. The third-order valence-electron chi connectivity index (χ3n) is 3.98. The number of ketones is 1. The van der Waals surface area contributed by atoms with Gasteiger partial charge in [0.15, 0.2) is 0 Å². The summed E-state index contributed by atoms with van der Waals surface area (Å²) >= 11 is 0. The fourth-order valence-electron chi connectivity index (χ4n) is 2.23. The first kappa shape index (κ1) is 32.8. The van der Waals surface area contributed by atoms with E-state index >= 15 is 0 Å². The molecule has 0 bridgehead atoms. The zero-order valence-corrected chi connectivity index (χ0v) is 20.6. The van der Waals surface area contributed by atoms with Gasteiger partial charge >= 0.3 is 0 Å². The molecular formula is C22H44N2O10. The number of hydrogen-bond acceptors (Lipinski definition) is 11. The van der Waals surface area contributed by atoms with Crippen LogP contribution in [0.4, 0.5) is 0 Å². The summed E-state index contributed by atoms with van der Waals surface area (Å²) in [6.45, 7) is 9.68. The zero-order chi connectivity index (χ0) is 25.0. The maximum Gasteiger partial charge on any atom is 0.216 e. The highest BCUT2D eigenvalue weighted by Gasteiger charge is 1.98. The van der Waals surface area contributed by atoms with Crippen LogP contribution in [-0.4, -0.2) is 130 Å². The summed E-state index contributed by atoms with van der Waals surface area (Å²) in [5.74, 6) is -0.0717. The number of carbonyl (C=O) groups excluding carboxylic acids is 2.